The van der Waals surface area contributed by atoms with Crippen molar-refractivity contribution in [3.8, 4) is 0 Å². The molecule has 0 spiro atoms. The largest absolute Gasteiger partial charge is 0.462 e. The molecule has 4 rings (SSSR count). The Hall–Kier alpha value is -3.07. The molecule has 6 nitrogen and oxygen atoms in total. The number of benzene rings is 2. The third kappa shape index (κ3) is 4.51. The molecule has 2 heterocycles. The van der Waals surface area contributed by atoms with E-state index in [1.54, 1.807) is 25.1 Å². The van der Waals surface area contributed by atoms with Gasteiger partial charge in [0.2, 0.25) is 0 Å². The minimum atomic E-state index is -0.869. The average Bonchev–Trinajstić information content (AvgIpc) is 3.17. The molecule has 0 unspecified atom stereocenters. The van der Waals surface area contributed by atoms with Crippen LogP contribution in [0.15, 0.2) is 36.4 Å². The Kier molecular flexibility index (Phi) is 6.13. The number of hydrogen-bond acceptors (Lipinski definition) is 6. The van der Waals surface area contributed by atoms with E-state index in [-0.39, 0.29) is 12.0 Å². The number of ether oxygens (including phenoxy) is 1. The van der Waals surface area contributed by atoms with Crippen molar-refractivity contribution in [2.24, 2.45) is 0 Å². The average molecular weight is 445 g/mol. The molecule has 0 atom stereocenters. The summed E-state index contributed by atoms with van der Waals surface area (Å²) in [4.78, 5) is 31.0. The van der Waals surface area contributed by atoms with Gasteiger partial charge in [-0.3, -0.25) is 4.79 Å². The van der Waals surface area contributed by atoms with Crippen LogP contribution >= 0.6 is 11.3 Å². The van der Waals surface area contributed by atoms with E-state index in [9.17, 15) is 18.4 Å². The normalized spacial score (nSPS) is 14.6. The summed E-state index contributed by atoms with van der Waals surface area (Å²) in [5, 5.41) is 3.57. The van der Waals surface area contributed by atoms with E-state index in [2.05, 4.69) is 15.2 Å². The molecule has 1 aromatic heterocycles. The van der Waals surface area contributed by atoms with Crippen LogP contribution in [0.5, 0.6) is 0 Å². The summed E-state index contributed by atoms with van der Waals surface area (Å²) >= 11 is 1.49. The standard InChI is InChI=1S/C22H21F2N3O3S/c1-2-30-21(29)13-6-7-17-18(12-13)31-22(26-17)27-10-8-14(9-11-27)25-20(28)19-15(23)4-3-5-16(19)24/h3-7,12,14H,2,8-11H2,1H3,(H,25,28). The number of nitrogens with zero attached hydrogens (tertiary/aromatic N) is 2. The van der Waals surface area contributed by atoms with Crippen molar-refractivity contribution in [1.29, 1.82) is 0 Å². The second-order valence-electron chi connectivity index (χ2n) is 7.23. The van der Waals surface area contributed by atoms with Crippen molar-refractivity contribution < 1.29 is 23.1 Å². The van der Waals surface area contributed by atoms with E-state index < -0.39 is 23.1 Å². The summed E-state index contributed by atoms with van der Waals surface area (Å²) in [6.07, 6.45) is 1.26. The molecule has 1 amide bonds. The molecule has 1 aliphatic heterocycles. The molecule has 1 aliphatic rings. The molecular formula is C22H21F2N3O3S. The van der Waals surface area contributed by atoms with Crippen LogP contribution in [-0.2, 0) is 4.74 Å². The Bertz CT molecular complexity index is 1110. The Morgan fingerprint density at radius 2 is 1.90 bits per heavy atom. The van der Waals surface area contributed by atoms with Crippen LogP contribution in [0.2, 0.25) is 0 Å². The molecule has 1 N–H and O–H groups in total. The Balaban J connectivity index is 1.40. The number of carbonyl (C=O) groups is 2. The van der Waals surface area contributed by atoms with Crippen molar-refractivity contribution >= 4 is 38.6 Å². The van der Waals surface area contributed by atoms with Crippen LogP contribution in [0.3, 0.4) is 0 Å². The number of nitrogens with one attached hydrogen (secondary N) is 1. The summed E-state index contributed by atoms with van der Waals surface area (Å²) in [6, 6.07) is 8.48. The minimum absolute atomic E-state index is 0.174. The van der Waals surface area contributed by atoms with Crippen LogP contribution in [-0.4, -0.2) is 42.6 Å². The highest BCUT2D eigenvalue weighted by Gasteiger charge is 2.25. The van der Waals surface area contributed by atoms with Gasteiger partial charge in [0, 0.05) is 19.1 Å². The lowest BCUT2D eigenvalue weighted by Crippen LogP contribution is -2.45. The quantitative estimate of drug-likeness (QED) is 0.598. The molecule has 0 radical (unpaired) electrons. The molecule has 9 heteroatoms. The highest BCUT2D eigenvalue weighted by atomic mass is 32.1. The fourth-order valence-corrected chi connectivity index (χ4v) is 4.63. The van der Waals surface area contributed by atoms with Crippen molar-refractivity contribution in [1.82, 2.24) is 10.3 Å². The number of rotatable bonds is 5. The first-order valence-electron chi connectivity index (χ1n) is 10.0. The Morgan fingerprint density at radius 3 is 2.58 bits per heavy atom. The van der Waals surface area contributed by atoms with Gasteiger partial charge >= 0.3 is 5.97 Å². The summed E-state index contributed by atoms with van der Waals surface area (Å²) in [5.74, 6) is -2.83. The maximum atomic E-state index is 13.8. The lowest BCUT2D eigenvalue weighted by Gasteiger charge is -2.32. The summed E-state index contributed by atoms with van der Waals surface area (Å²) in [7, 11) is 0. The lowest BCUT2D eigenvalue weighted by atomic mass is 10.0. The predicted molar refractivity (Wildman–Crippen MR) is 115 cm³/mol. The van der Waals surface area contributed by atoms with E-state index in [1.807, 2.05) is 0 Å². The first-order valence-corrected chi connectivity index (χ1v) is 10.9. The SMILES string of the molecule is CCOC(=O)c1ccc2nc(N3CCC(NC(=O)c4c(F)cccc4F)CC3)sc2c1. The van der Waals surface area contributed by atoms with Gasteiger partial charge in [-0.25, -0.2) is 18.6 Å². The summed E-state index contributed by atoms with van der Waals surface area (Å²) in [6.45, 7) is 3.38. The Morgan fingerprint density at radius 1 is 1.19 bits per heavy atom. The van der Waals surface area contributed by atoms with Gasteiger partial charge in [0.15, 0.2) is 5.13 Å². The fraction of sp³-hybridized carbons (Fsp3) is 0.318. The van der Waals surface area contributed by atoms with Gasteiger partial charge in [-0.05, 0) is 50.1 Å². The van der Waals surface area contributed by atoms with Crippen LogP contribution in [0.25, 0.3) is 10.2 Å². The monoisotopic (exact) mass is 445 g/mol. The highest BCUT2D eigenvalue weighted by Crippen LogP contribution is 2.31. The number of fused-ring (bicyclic) bond motifs is 1. The van der Waals surface area contributed by atoms with Crippen molar-refractivity contribution in [3.63, 3.8) is 0 Å². The number of aromatic nitrogens is 1. The van der Waals surface area contributed by atoms with Crippen LogP contribution in [0.4, 0.5) is 13.9 Å². The van der Waals surface area contributed by atoms with Crippen LogP contribution in [0, 0.1) is 11.6 Å². The molecule has 1 fully saturated rings. The van der Waals surface area contributed by atoms with E-state index in [1.165, 1.54) is 17.4 Å². The molecule has 31 heavy (non-hydrogen) atoms. The summed E-state index contributed by atoms with van der Waals surface area (Å²) in [5.41, 5.74) is 0.748. The molecular weight excluding hydrogens is 424 g/mol. The fourth-order valence-electron chi connectivity index (χ4n) is 3.58. The zero-order valence-corrected chi connectivity index (χ0v) is 17.7. The number of thiazole rings is 1. The smallest absolute Gasteiger partial charge is 0.338 e. The minimum Gasteiger partial charge on any atom is -0.462 e. The van der Waals surface area contributed by atoms with Crippen molar-refractivity contribution in [2.45, 2.75) is 25.8 Å². The zero-order chi connectivity index (χ0) is 22.0. The van der Waals surface area contributed by atoms with Crippen LogP contribution < -0.4 is 10.2 Å². The molecule has 1 saturated heterocycles. The van der Waals surface area contributed by atoms with E-state index in [0.29, 0.717) is 38.1 Å². The van der Waals surface area contributed by atoms with E-state index >= 15 is 0 Å². The maximum absolute atomic E-state index is 13.8. The molecule has 3 aromatic rings. The van der Waals surface area contributed by atoms with Gasteiger partial charge in [-0.1, -0.05) is 17.4 Å². The third-order valence-electron chi connectivity index (χ3n) is 5.18. The number of amides is 1. The summed E-state index contributed by atoms with van der Waals surface area (Å²) < 4.78 is 33.6. The maximum Gasteiger partial charge on any atom is 0.338 e. The highest BCUT2D eigenvalue weighted by molar-refractivity contribution is 7.22. The number of piperidine rings is 1. The first kappa shape index (κ1) is 21.2. The van der Waals surface area contributed by atoms with Crippen molar-refractivity contribution in [3.05, 3.63) is 59.2 Å². The topological polar surface area (TPSA) is 71.5 Å². The predicted octanol–water partition coefficient (Wildman–Crippen LogP) is 4.15. The molecule has 2 aromatic carbocycles. The van der Waals surface area contributed by atoms with Crippen LogP contribution in [0.1, 0.15) is 40.5 Å². The second-order valence-corrected chi connectivity index (χ2v) is 8.24. The molecule has 0 aliphatic carbocycles. The van der Waals surface area contributed by atoms with E-state index in [0.717, 1.165) is 27.5 Å². The number of anilines is 1. The Labute approximate surface area is 181 Å². The van der Waals surface area contributed by atoms with Gasteiger partial charge in [-0.15, -0.1) is 0 Å². The van der Waals surface area contributed by atoms with Gasteiger partial charge < -0.3 is 15.0 Å². The zero-order valence-electron chi connectivity index (χ0n) is 16.9. The van der Waals surface area contributed by atoms with E-state index in [4.69, 9.17) is 4.74 Å². The third-order valence-corrected chi connectivity index (χ3v) is 6.26. The van der Waals surface area contributed by atoms with Gasteiger partial charge in [0.25, 0.3) is 5.91 Å². The lowest BCUT2D eigenvalue weighted by molar-refractivity contribution is 0.0526. The number of halogens is 2. The van der Waals surface area contributed by atoms with Gasteiger partial charge in [0.05, 0.1) is 22.4 Å². The first-order chi connectivity index (χ1) is 15.0. The number of carbonyl (C=O) groups excluding carboxylic acids is 2. The molecule has 0 saturated carbocycles. The van der Waals surface area contributed by atoms with Crippen molar-refractivity contribution in [2.75, 3.05) is 24.6 Å². The molecule has 0 bridgehead atoms. The van der Waals surface area contributed by atoms with Gasteiger partial charge in [-0.2, -0.15) is 0 Å². The molecule has 162 valence electrons. The van der Waals surface area contributed by atoms with Gasteiger partial charge in [0.1, 0.15) is 17.2 Å². The number of esters is 1. The second kappa shape index (κ2) is 8.97. The number of hydrogen-bond donors (Lipinski definition) is 1.